The standard InChI is InChI=1S/C51H59FN2O9P4S/c1-50(2)41-29-35(33-14-20-37(21-15-33)66(5,6)59)18-24-43(41)53(26-11-9-10-13-47(55)61-65(52)64)45(50)31-39-48(56)40(49(39)57)32-46-51(3,4)42-30-36(34-16-22-38(23-17-34)67(7,8)60)19-25-44(42)54(46)27-12-28-68-63-62-58/h14-25,29-32H,9-13,26-28,64H2,1-8H3,(H-,56,58)/p-1. The van der Waals surface area contributed by atoms with Gasteiger partial charge in [0.1, 0.15) is 20.8 Å². The van der Waals surface area contributed by atoms with Crippen molar-refractivity contribution in [3.05, 3.63) is 131 Å². The summed E-state index contributed by atoms with van der Waals surface area (Å²) in [6.45, 7) is 16.4. The molecule has 11 nitrogen and oxygen atoms in total. The Morgan fingerprint density at radius 2 is 1.38 bits per heavy atom. The predicted octanol–water partition coefficient (Wildman–Crippen LogP) is 10.1. The summed E-state index contributed by atoms with van der Waals surface area (Å²) in [7, 11) is -5.35. The molecule has 0 fully saturated rings. The fraction of sp³-hybridized carbons (Fsp3) is 0.353. The van der Waals surface area contributed by atoms with Crippen molar-refractivity contribution in [1.82, 2.24) is 0 Å². The van der Waals surface area contributed by atoms with E-state index in [9.17, 15) is 33.3 Å². The maximum absolute atomic E-state index is 14.4. The van der Waals surface area contributed by atoms with Crippen molar-refractivity contribution < 1.29 is 51.8 Å². The Morgan fingerprint density at radius 1 is 0.809 bits per heavy atom. The van der Waals surface area contributed by atoms with E-state index in [1.807, 2.05) is 75.7 Å². The lowest BCUT2D eigenvalue weighted by molar-refractivity contribution is -0.777. The second-order valence-electron chi connectivity index (χ2n) is 19.2. The van der Waals surface area contributed by atoms with Gasteiger partial charge < -0.3 is 28.9 Å². The van der Waals surface area contributed by atoms with Crippen molar-refractivity contribution in [2.75, 3.05) is 50.4 Å². The number of halogens is 1. The SMILES string of the molecule is CC1(C)C(C=C2C(=O)C(/C=C3/N(CCCCCC(=O)OP(F)P)c4ccc(-c5ccc(P(C)(C)=O)cc5)cc4C3(C)C)=C2[O-])=[N+](CCCSOO[O-])c2ccc(-c3ccc(P(C)(C)=O)cc3)cc21. The predicted molar refractivity (Wildman–Crippen MR) is 275 cm³/mol. The highest BCUT2D eigenvalue weighted by molar-refractivity contribution is 8.08. The van der Waals surface area contributed by atoms with Gasteiger partial charge in [-0.05, 0) is 120 Å². The highest BCUT2D eigenvalue weighted by Crippen LogP contribution is 2.51. The topological polar surface area (TPSA) is 148 Å². The lowest BCUT2D eigenvalue weighted by Crippen LogP contribution is -2.35. The second kappa shape index (κ2) is 20.8. The number of hydrogen-bond donors (Lipinski definition) is 0. The molecule has 2 heterocycles. The third-order valence-electron chi connectivity index (χ3n) is 13.1. The summed E-state index contributed by atoms with van der Waals surface area (Å²) in [5.41, 5.74) is 8.31. The fourth-order valence-corrected chi connectivity index (χ4v) is 12.0. The summed E-state index contributed by atoms with van der Waals surface area (Å²) in [5, 5.41) is 30.0. The molecule has 0 amide bonds. The van der Waals surface area contributed by atoms with Gasteiger partial charge in [0.25, 0.3) is 8.15 Å². The van der Waals surface area contributed by atoms with Gasteiger partial charge in [-0.2, -0.15) is 13.1 Å². The number of nitrogens with zero attached hydrogens (tertiary/aromatic N) is 2. The number of Topliss-reactive ketones (excluding diaryl/α,β-unsaturated/α-hetero) is 1. The van der Waals surface area contributed by atoms with Gasteiger partial charge in [-0.15, -0.1) is 0 Å². The molecule has 7 rings (SSSR count). The van der Waals surface area contributed by atoms with E-state index in [1.165, 1.54) is 0 Å². The zero-order valence-corrected chi connectivity index (χ0v) is 44.3. The lowest BCUT2D eigenvalue weighted by atomic mass is 9.77. The minimum absolute atomic E-state index is 0.0955. The molecule has 3 aliphatic rings. The number of hydrogen-bond acceptors (Lipinski definition) is 11. The van der Waals surface area contributed by atoms with Crippen LogP contribution in [0.4, 0.5) is 15.6 Å². The smallest absolute Gasteiger partial charge is 0.310 e. The number of fused-ring (bicyclic) bond motifs is 2. The molecule has 2 atom stereocenters. The zero-order chi connectivity index (χ0) is 49.3. The van der Waals surface area contributed by atoms with Crippen molar-refractivity contribution in [1.29, 1.82) is 0 Å². The van der Waals surface area contributed by atoms with Crippen LogP contribution < -0.4 is 25.9 Å². The van der Waals surface area contributed by atoms with Crippen molar-refractivity contribution in [3.8, 4) is 22.3 Å². The number of carbonyl (C=O) groups is 2. The van der Waals surface area contributed by atoms with Crippen LogP contribution in [-0.2, 0) is 43.4 Å². The summed E-state index contributed by atoms with van der Waals surface area (Å²) in [5.74, 6) is -0.811. The van der Waals surface area contributed by atoms with Gasteiger partial charge in [-0.25, -0.2) is 0 Å². The monoisotopic (exact) mass is 1020 g/mol. The number of ketones is 1. The maximum Gasteiger partial charge on any atom is 0.310 e. The van der Waals surface area contributed by atoms with Crippen molar-refractivity contribution >= 4 is 82.9 Å². The molecule has 0 radical (unpaired) electrons. The van der Waals surface area contributed by atoms with Crippen LogP contribution in [0.5, 0.6) is 0 Å². The van der Waals surface area contributed by atoms with Gasteiger partial charge in [0.15, 0.2) is 11.5 Å². The van der Waals surface area contributed by atoms with Crippen molar-refractivity contribution in [2.45, 2.75) is 70.6 Å². The Hall–Kier alpha value is -4.01. The number of carbonyl (C=O) groups excluding carboxylic acids is 2. The molecule has 0 N–H and O–H groups in total. The molecule has 4 aromatic carbocycles. The Kier molecular flexibility index (Phi) is 15.8. The Morgan fingerprint density at radius 3 is 1.94 bits per heavy atom. The van der Waals surface area contributed by atoms with Crippen LogP contribution in [0.1, 0.15) is 70.9 Å². The number of anilines is 1. The van der Waals surface area contributed by atoms with E-state index in [-0.39, 0.29) is 29.1 Å². The van der Waals surface area contributed by atoms with Gasteiger partial charge in [-0.3, -0.25) is 14.6 Å². The van der Waals surface area contributed by atoms with Crippen LogP contribution >= 0.6 is 43.4 Å². The molecular formula is C51H58FN2O9P4S-. The molecule has 1 aliphatic carbocycles. The van der Waals surface area contributed by atoms with E-state index >= 15 is 0 Å². The van der Waals surface area contributed by atoms with Crippen molar-refractivity contribution in [3.63, 3.8) is 0 Å². The quantitative estimate of drug-likeness (QED) is 0.0168. The largest absolute Gasteiger partial charge is 0.871 e. The summed E-state index contributed by atoms with van der Waals surface area (Å²) in [6, 6.07) is 28.0. The van der Waals surface area contributed by atoms with Crippen molar-refractivity contribution in [2.24, 2.45) is 0 Å². The van der Waals surface area contributed by atoms with Crippen LogP contribution in [0.2, 0.25) is 0 Å². The summed E-state index contributed by atoms with van der Waals surface area (Å²) < 4.78 is 50.1. The Balaban J connectivity index is 1.23. The minimum atomic E-state index is -2.44. The molecule has 0 aromatic heterocycles. The second-order valence-corrected chi connectivity index (χ2v) is 28.4. The van der Waals surface area contributed by atoms with E-state index in [0.717, 1.165) is 78.8 Å². The summed E-state index contributed by atoms with van der Waals surface area (Å²) >= 11 is 0.905. The third kappa shape index (κ3) is 11.0. The maximum atomic E-state index is 14.4. The number of allylic oxidation sites excluding steroid dienone is 5. The molecule has 360 valence electrons. The van der Waals surface area contributed by atoms with Crippen LogP contribution in [0.25, 0.3) is 22.3 Å². The average Bonchev–Trinajstić information content (AvgIpc) is 3.63. The minimum Gasteiger partial charge on any atom is -0.871 e. The van der Waals surface area contributed by atoms with E-state index in [2.05, 4.69) is 64.7 Å². The average molecular weight is 1020 g/mol. The van der Waals surface area contributed by atoms with E-state index < -0.39 is 39.2 Å². The molecule has 0 saturated carbocycles. The fourth-order valence-electron chi connectivity index (χ4n) is 9.30. The van der Waals surface area contributed by atoms with E-state index in [0.29, 0.717) is 44.5 Å². The van der Waals surface area contributed by atoms with Crippen LogP contribution in [0.15, 0.2) is 120 Å². The van der Waals surface area contributed by atoms with E-state index in [4.69, 9.17) is 4.52 Å². The zero-order valence-electron chi connectivity index (χ0n) is 39.7. The first-order valence-corrected chi connectivity index (χ1v) is 31.4. The molecule has 0 saturated heterocycles. The first-order valence-electron chi connectivity index (χ1n) is 22.5. The molecule has 17 heteroatoms. The Bertz CT molecular complexity index is 2840. The first-order chi connectivity index (χ1) is 32.0. The summed E-state index contributed by atoms with van der Waals surface area (Å²) in [4.78, 5) is 28.6. The third-order valence-corrected chi connectivity index (χ3v) is 17.5. The molecular weight excluding hydrogens is 960 g/mol. The number of rotatable bonds is 19. The lowest BCUT2D eigenvalue weighted by Gasteiger charge is -2.33. The van der Waals surface area contributed by atoms with Crippen LogP contribution in [0.3, 0.4) is 0 Å². The van der Waals surface area contributed by atoms with Crippen LogP contribution in [0, 0.1) is 0 Å². The normalized spacial score (nSPS) is 18.0. The first kappa shape index (κ1) is 51.8. The Labute approximate surface area is 406 Å². The van der Waals surface area contributed by atoms with Crippen LogP contribution in [-0.4, -0.2) is 67.5 Å². The molecule has 68 heavy (non-hydrogen) atoms. The highest BCUT2D eigenvalue weighted by atomic mass is 32.2. The van der Waals surface area contributed by atoms with Gasteiger partial charge in [0, 0.05) is 93.4 Å². The molecule has 0 spiro atoms. The summed E-state index contributed by atoms with van der Waals surface area (Å²) in [6.07, 6.45) is 6.04. The van der Waals surface area contributed by atoms with Gasteiger partial charge in [0.05, 0.1) is 5.41 Å². The van der Waals surface area contributed by atoms with Gasteiger partial charge >= 0.3 is 5.97 Å². The molecule has 2 aliphatic heterocycles. The van der Waals surface area contributed by atoms with Gasteiger partial charge in [-0.1, -0.05) is 80.6 Å². The number of unbranched alkanes of at least 4 members (excludes halogenated alkanes) is 2. The number of benzene rings is 4. The van der Waals surface area contributed by atoms with Gasteiger partial charge in [0.2, 0.25) is 5.69 Å². The molecule has 0 bridgehead atoms. The van der Waals surface area contributed by atoms with E-state index in [1.54, 1.807) is 38.8 Å². The molecule has 4 aromatic rings. The highest BCUT2D eigenvalue weighted by Gasteiger charge is 2.46. The molecule has 2 unspecified atom stereocenters.